The van der Waals surface area contributed by atoms with Crippen LogP contribution >= 0.6 is 0 Å². The predicted molar refractivity (Wildman–Crippen MR) is 121 cm³/mol. The Morgan fingerprint density at radius 2 is 1.81 bits per heavy atom. The van der Waals surface area contributed by atoms with Gasteiger partial charge in [-0.3, -0.25) is 9.69 Å². The van der Waals surface area contributed by atoms with Gasteiger partial charge >= 0.3 is 0 Å². The third kappa shape index (κ3) is 3.88. The van der Waals surface area contributed by atoms with Crippen LogP contribution in [0.3, 0.4) is 0 Å². The molecule has 166 valence electrons. The van der Waals surface area contributed by atoms with Crippen molar-refractivity contribution in [3.05, 3.63) is 65.0 Å². The van der Waals surface area contributed by atoms with Gasteiger partial charge in [-0.05, 0) is 19.9 Å². The minimum Gasteiger partial charge on any atom is -0.489 e. The molecule has 0 radical (unpaired) electrons. The highest BCUT2D eigenvalue weighted by molar-refractivity contribution is 5.97. The van der Waals surface area contributed by atoms with E-state index in [0.29, 0.717) is 42.8 Å². The molecule has 0 spiro atoms. The normalized spacial score (nSPS) is 20.8. The molecule has 0 aliphatic carbocycles. The Hall–Kier alpha value is -3.19. The van der Waals surface area contributed by atoms with Crippen molar-refractivity contribution in [1.29, 1.82) is 0 Å². The lowest BCUT2D eigenvalue weighted by Crippen LogP contribution is -2.48. The Morgan fingerprint density at radius 3 is 2.56 bits per heavy atom. The molecule has 2 unspecified atom stereocenters. The van der Waals surface area contributed by atoms with Crippen LogP contribution < -0.4 is 4.74 Å². The van der Waals surface area contributed by atoms with Crippen LogP contribution in [0.4, 0.5) is 0 Å². The summed E-state index contributed by atoms with van der Waals surface area (Å²) < 4.78 is 11.5. The molecule has 1 amide bonds. The molecular formula is C25H28N4O3. The molecule has 7 heteroatoms. The van der Waals surface area contributed by atoms with Crippen LogP contribution in [0.5, 0.6) is 5.75 Å². The number of aromatic nitrogens is 2. The maximum Gasteiger partial charge on any atom is 0.257 e. The number of hydrogen-bond donors (Lipinski definition) is 0. The van der Waals surface area contributed by atoms with Crippen molar-refractivity contribution in [3.63, 3.8) is 0 Å². The molecule has 32 heavy (non-hydrogen) atoms. The van der Waals surface area contributed by atoms with E-state index in [9.17, 15) is 4.79 Å². The van der Waals surface area contributed by atoms with E-state index in [2.05, 4.69) is 41.9 Å². The highest BCUT2D eigenvalue weighted by Gasteiger charge is 2.33. The summed E-state index contributed by atoms with van der Waals surface area (Å²) in [5.74, 6) is 2.30. The van der Waals surface area contributed by atoms with Gasteiger partial charge < -0.3 is 14.2 Å². The van der Waals surface area contributed by atoms with E-state index in [1.165, 1.54) is 5.56 Å². The van der Waals surface area contributed by atoms with Crippen molar-refractivity contribution < 1.29 is 14.1 Å². The molecule has 3 heterocycles. The fraction of sp³-hybridized carbons (Fsp3) is 0.400. The van der Waals surface area contributed by atoms with Crippen molar-refractivity contribution in [2.45, 2.75) is 39.3 Å². The Bertz CT molecular complexity index is 1120. The van der Waals surface area contributed by atoms with E-state index in [1.807, 2.05) is 41.3 Å². The zero-order valence-electron chi connectivity index (χ0n) is 18.7. The van der Waals surface area contributed by atoms with E-state index in [0.717, 1.165) is 30.0 Å². The largest absolute Gasteiger partial charge is 0.489 e. The number of aryl methyl sites for hydroxylation is 1. The van der Waals surface area contributed by atoms with Gasteiger partial charge in [-0.15, -0.1) is 0 Å². The first kappa shape index (κ1) is 20.7. The highest BCUT2D eigenvalue weighted by atomic mass is 16.5. The summed E-state index contributed by atoms with van der Waals surface area (Å²) in [7, 11) is 0. The summed E-state index contributed by atoms with van der Waals surface area (Å²) in [6.45, 7) is 9.67. The molecule has 1 aromatic heterocycles. The topological polar surface area (TPSA) is 71.7 Å². The molecule has 2 aromatic carbocycles. The average molecular weight is 433 g/mol. The molecule has 3 aromatic rings. The van der Waals surface area contributed by atoms with Gasteiger partial charge in [0, 0.05) is 43.2 Å². The van der Waals surface area contributed by atoms with Crippen LogP contribution in [0.1, 0.15) is 47.1 Å². The second-order valence-electron chi connectivity index (χ2n) is 8.78. The number of benzene rings is 2. The third-order valence-electron chi connectivity index (χ3n) is 6.57. The predicted octanol–water partition coefficient (Wildman–Crippen LogP) is 3.89. The number of hydrogen-bond acceptors (Lipinski definition) is 6. The van der Waals surface area contributed by atoms with Crippen molar-refractivity contribution in [3.8, 4) is 17.1 Å². The summed E-state index contributed by atoms with van der Waals surface area (Å²) >= 11 is 0. The van der Waals surface area contributed by atoms with E-state index in [1.54, 1.807) is 0 Å². The molecule has 5 rings (SSSR count). The first-order valence-corrected chi connectivity index (χ1v) is 11.2. The zero-order valence-corrected chi connectivity index (χ0v) is 18.7. The third-order valence-corrected chi connectivity index (χ3v) is 6.57. The first-order valence-electron chi connectivity index (χ1n) is 11.2. The van der Waals surface area contributed by atoms with Crippen molar-refractivity contribution in [2.75, 3.05) is 26.2 Å². The molecule has 0 bridgehead atoms. The highest BCUT2D eigenvalue weighted by Crippen LogP contribution is 2.40. The van der Waals surface area contributed by atoms with Crippen LogP contribution in [0.25, 0.3) is 11.4 Å². The second-order valence-corrected chi connectivity index (χ2v) is 8.78. The number of fused-ring (bicyclic) bond motifs is 1. The first-order chi connectivity index (χ1) is 15.5. The minimum atomic E-state index is 0.0437. The Morgan fingerprint density at radius 1 is 1.06 bits per heavy atom. The number of carbonyl (C=O) groups excluding carboxylic acids is 1. The Kier molecular flexibility index (Phi) is 5.43. The van der Waals surface area contributed by atoms with Gasteiger partial charge in [0.15, 0.2) is 0 Å². The van der Waals surface area contributed by atoms with E-state index in [4.69, 9.17) is 9.26 Å². The molecular weight excluding hydrogens is 404 g/mol. The summed E-state index contributed by atoms with van der Waals surface area (Å²) in [5.41, 5.74) is 3.94. The van der Waals surface area contributed by atoms with Gasteiger partial charge in [-0.2, -0.15) is 4.98 Å². The van der Waals surface area contributed by atoms with Gasteiger partial charge in [0.05, 0.1) is 12.1 Å². The number of ether oxygens (including phenoxy) is 1. The van der Waals surface area contributed by atoms with Crippen molar-refractivity contribution >= 4 is 5.91 Å². The number of rotatable bonds is 4. The van der Waals surface area contributed by atoms with Crippen molar-refractivity contribution in [2.24, 2.45) is 0 Å². The number of amides is 1. The lowest BCUT2D eigenvalue weighted by Gasteiger charge is -2.34. The lowest BCUT2D eigenvalue weighted by atomic mass is 9.96. The fourth-order valence-electron chi connectivity index (χ4n) is 4.36. The molecule has 1 fully saturated rings. The average Bonchev–Trinajstić information content (AvgIpc) is 3.39. The minimum absolute atomic E-state index is 0.0437. The summed E-state index contributed by atoms with van der Waals surface area (Å²) in [6, 6.07) is 14.0. The van der Waals surface area contributed by atoms with Gasteiger partial charge in [0.1, 0.15) is 11.9 Å². The number of nitrogens with zero attached hydrogens (tertiary/aromatic N) is 4. The van der Waals surface area contributed by atoms with Crippen LogP contribution in [0, 0.1) is 6.92 Å². The van der Waals surface area contributed by atoms with Crippen LogP contribution in [0.15, 0.2) is 47.0 Å². The smallest absolute Gasteiger partial charge is 0.257 e. The summed E-state index contributed by atoms with van der Waals surface area (Å²) in [6.07, 6.45) is 0.0926. The zero-order chi connectivity index (χ0) is 22.2. The van der Waals surface area contributed by atoms with Crippen LogP contribution in [-0.4, -0.2) is 58.1 Å². The number of para-hydroxylation sites is 1. The van der Waals surface area contributed by atoms with Gasteiger partial charge in [-0.25, -0.2) is 0 Å². The fourth-order valence-corrected chi connectivity index (χ4v) is 4.36. The molecule has 0 saturated carbocycles. The quantitative estimate of drug-likeness (QED) is 0.623. The van der Waals surface area contributed by atoms with Crippen molar-refractivity contribution in [1.82, 2.24) is 19.9 Å². The SMILES string of the molecule is Cc1ccc(-c2noc(CN3CCN(C(=O)c4cccc5c4OC(C)C5C)CC3)n2)cc1. The maximum atomic E-state index is 13.2. The maximum absolute atomic E-state index is 13.2. The molecule has 0 N–H and O–H groups in total. The summed E-state index contributed by atoms with van der Waals surface area (Å²) in [4.78, 5) is 21.9. The van der Waals surface area contributed by atoms with E-state index < -0.39 is 0 Å². The van der Waals surface area contributed by atoms with Gasteiger partial charge in [0.2, 0.25) is 11.7 Å². The monoisotopic (exact) mass is 432 g/mol. The Labute approximate surface area is 188 Å². The van der Waals surface area contributed by atoms with E-state index >= 15 is 0 Å². The molecule has 2 atom stereocenters. The number of carbonyl (C=O) groups is 1. The number of piperazine rings is 1. The summed E-state index contributed by atoms with van der Waals surface area (Å²) in [5, 5.41) is 4.12. The molecule has 2 aliphatic heterocycles. The van der Waals surface area contributed by atoms with Gasteiger partial charge in [0.25, 0.3) is 5.91 Å². The second kappa shape index (κ2) is 8.39. The molecule has 1 saturated heterocycles. The van der Waals surface area contributed by atoms with Crippen LogP contribution in [0.2, 0.25) is 0 Å². The Balaban J connectivity index is 1.20. The van der Waals surface area contributed by atoms with E-state index in [-0.39, 0.29) is 12.0 Å². The van der Waals surface area contributed by atoms with Gasteiger partial charge in [-0.1, -0.05) is 54.0 Å². The molecule has 7 nitrogen and oxygen atoms in total. The lowest BCUT2D eigenvalue weighted by molar-refractivity contribution is 0.0610. The standard InChI is InChI=1S/C25H28N4O3/c1-16-7-9-19(10-8-16)24-26-22(32-27-24)15-28-11-13-29(14-12-28)25(30)21-6-4-5-20-17(2)18(3)31-23(20)21/h4-10,17-18H,11-15H2,1-3H3. The van der Waals surface area contributed by atoms with Crippen LogP contribution in [-0.2, 0) is 6.54 Å². The molecule has 2 aliphatic rings.